The summed E-state index contributed by atoms with van der Waals surface area (Å²) in [5, 5.41) is 6.54. The molecule has 142 valence electrons. The number of nitrogens with two attached hydrogens (primary N) is 1. The van der Waals surface area contributed by atoms with Crippen LogP contribution in [0.3, 0.4) is 0 Å². The minimum atomic E-state index is -0.577. The molecule has 0 aliphatic heterocycles. The number of carbonyl (C=O) groups is 1. The molecule has 4 N–H and O–H groups in total. The van der Waals surface area contributed by atoms with Gasteiger partial charge in [0.2, 0.25) is 0 Å². The van der Waals surface area contributed by atoms with Gasteiger partial charge in [0.25, 0.3) is 5.91 Å². The molecule has 0 aliphatic rings. The third-order valence-electron chi connectivity index (χ3n) is 3.86. The number of carbonyl (C=O) groups excluding carboxylic acids is 1. The second-order valence-corrected chi connectivity index (χ2v) is 6.02. The van der Waals surface area contributed by atoms with E-state index in [1.165, 1.54) is 11.1 Å². The molecule has 6 nitrogen and oxygen atoms in total. The van der Waals surface area contributed by atoms with Crippen LogP contribution in [0.4, 0.5) is 0 Å². The molecule has 1 aromatic carbocycles. The summed E-state index contributed by atoms with van der Waals surface area (Å²) in [7, 11) is 0. The summed E-state index contributed by atoms with van der Waals surface area (Å²) < 4.78 is 5.34. The summed E-state index contributed by atoms with van der Waals surface area (Å²) in [6.45, 7) is 8.13. The molecule has 26 heavy (non-hydrogen) atoms. The van der Waals surface area contributed by atoms with Crippen molar-refractivity contribution in [2.24, 2.45) is 10.7 Å². The van der Waals surface area contributed by atoms with Crippen LogP contribution in [0.2, 0.25) is 0 Å². The van der Waals surface area contributed by atoms with Crippen molar-refractivity contribution < 1.29 is 9.21 Å². The fraction of sp³-hybridized carbons (Fsp3) is 0.368. The maximum atomic E-state index is 11.1. The van der Waals surface area contributed by atoms with Crippen molar-refractivity contribution >= 4 is 35.8 Å². The van der Waals surface area contributed by atoms with Crippen molar-refractivity contribution in [2.75, 3.05) is 13.1 Å². The quantitative estimate of drug-likeness (QED) is 0.329. The normalized spacial score (nSPS) is 12.2. The van der Waals surface area contributed by atoms with E-state index in [4.69, 9.17) is 10.2 Å². The highest BCUT2D eigenvalue weighted by Gasteiger charge is 2.08. The predicted octanol–water partition coefficient (Wildman–Crippen LogP) is 3.16. The zero-order valence-electron chi connectivity index (χ0n) is 15.4. The predicted molar refractivity (Wildman–Crippen MR) is 115 cm³/mol. The Morgan fingerprint density at radius 3 is 2.46 bits per heavy atom. The average Bonchev–Trinajstić information content (AvgIpc) is 3.07. The Kier molecular flexibility index (Phi) is 9.18. The molecule has 0 bridgehead atoms. The zero-order valence-corrected chi connectivity index (χ0v) is 17.7. The number of guanidine groups is 1. The number of amides is 1. The SMILES string of the molecule is CCNC(=NCc1ccc(C(N)=O)o1)NCC(C)c1ccc(C)cc1.I. The van der Waals surface area contributed by atoms with Crippen LogP contribution in [0.25, 0.3) is 0 Å². The molecule has 1 heterocycles. The molecular formula is C19H27IN4O2. The summed E-state index contributed by atoms with van der Waals surface area (Å²) in [6, 6.07) is 11.8. The molecule has 1 unspecified atom stereocenters. The first-order valence-electron chi connectivity index (χ1n) is 8.46. The van der Waals surface area contributed by atoms with Gasteiger partial charge in [-0.3, -0.25) is 4.79 Å². The van der Waals surface area contributed by atoms with Crippen molar-refractivity contribution in [1.29, 1.82) is 0 Å². The lowest BCUT2D eigenvalue weighted by molar-refractivity contribution is 0.0972. The van der Waals surface area contributed by atoms with Gasteiger partial charge < -0.3 is 20.8 Å². The third-order valence-corrected chi connectivity index (χ3v) is 3.86. The van der Waals surface area contributed by atoms with Gasteiger partial charge in [0.1, 0.15) is 12.3 Å². The third kappa shape index (κ3) is 6.70. The van der Waals surface area contributed by atoms with Gasteiger partial charge in [-0.2, -0.15) is 0 Å². The summed E-state index contributed by atoms with van der Waals surface area (Å²) in [6.07, 6.45) is 0. The average molecular weight is 470 g/mol. The number of hydrogen-bond donors (Lipinski definition) is 3. The van der Waals surface area contributed by atoms with E-state index in [0.29, 0.717) is 24.2 Å². The first-order chi connectivity index (χ1) is 12.0. The van der Waals surface area contributed by atoms with Gasteiger partial charge in [0.05, 0.1) is 0 Å². The number of nitrogens with one attached hydrogen (secondary N) is 2. The van der Waals surface area contributed by atoms with E-state index >= 15 is 0 Å². The molecular weight excluding hydrogens is 443 g/mol. The maximum Gasteiger partial charge on any atom is 0.284 e. The Morgan fingerprint density at radius 2 is 1.88 bits per heavy atom. The molecule has 7 heteroatoms. The Morgan fingerprint density at radius 1 is 1.19 bits per heavy atom. The van der Waals surface area contributed by atoms with Crippen LogP contribution in [0.1, 0.15) is 47.2 Å². The Labute approximate surface area is 171 Å². The number of primary amides is 1. The van der Waals surface area contributed by atoms with Crippen LogP contribution in [-0.2, 0) is 6.54 Å². The molecule has 0 aliphatic carbocycles. The van der Waals surface area contributed by atoms with Crippen LogP contribution >= 0.6 is 24.0 Å². The topological polar surface area (TPSA) is 92.6 Å². The number of benzene rings is 1. The number of rotatable bonds is 7. The smallest absolute Gasteiger partial charge is 0.284 e. The molecule has 0 saturated carbocycles. The molecule has 1 aromatic heterocycles. The molecule has 2 aromatic rings. The second-order valence-electron chi connectivity index (χ2n) is 6.02. The highest BCUT2D eigenvalue weighted by molar-refractivity contribution is 14.0. The molecule has 1 atom stereocenters. The maximum absolute atomic E-state index is 11.1. The van der Waals surface area contributed by atoms with Crippen LogP contribution in [0, 0.1) is 6.92 Å². The molecule has 1 amide bonds. The summed E-state index contributed by atoms with van der Waals surface area (Å²) in [5.74, 6) is 1.23. The van der Waals surface area contributed by atoms with E-state index in [0.717, 1.165) is 13.1 Å². The number of furan rings is 1. The standard InChI is InChI=1S/C19H26N4O2.HI/c1-4-21-19(23-12-16-9-10-17(25-16)18(20)24)22-11-14(3)15-7-5-13(2)6-8-15;/h5-10,14H,4,11-12H2,1-3H3,(H2,20,24)(H2,21,22,23);1H. The van der Waals surface area contributed by atoms with E-state index in [-0.39, 0.29) is 29.7 Å². The molecule has 2 rings (SSSR count). The first-order valence-corrected chi connectivity index (χ1v) is 8.46. The van der Waals surface area contributed by atoms with Crippen molar-refractivity contribution in [1.82, 2.24) is 10.6 Å². The monoisotopic (exact) mass is 470 g/mol. The van der Waals surface area contributed by atoms with E-state index in [9.17, 15) is 4.79 Å². The lowest BCUT2D eigenvalue weighted by Crippen LogP contribution is -2.39. The van der Waals surface area contributed by atoms with Gasteiger partial charge in [-0.05, 0) is 37.5 Å². The summed E-state index contributed by atoms with van der Waals surface area (Å²) in [5.41, 5.74) is 7.72. The van der Waals surface area contributed by atoms with Gasteiger partial charge in [0.15, 0.2) is 11.7 Å². The summed E-state index contributed by atoms with van der Waals surface area (Å²) in [4.78, 5) is 15.5. The Hall–Kier alpha value is -2.03. The van der Waals surface area contributed by atoms with Crippen LogP contribution in [-0.4, -0.2) is 25.0 Å². The highest BCUT2D eigenvalue weighted by atomic mass is 127. The van der Waals surface area contributed by atoms with Crippen molar-refractivity contribution in [2.45, 2.75) is 33.2 Å². The van der Waals surface area contributed by atoms with Gasteiger partial charge >= 0.3 is 0 Å². The van der Waals surface area contributed by atoms with E-state index in [1.54, 1.807) is 12.1 Å². The minimum Gasteiger partial charge on any atom is -0.454 e. The largest absolute Gasteiger partial charge is 0.454 e. The lowest BCUT2D eigenvalue weighted by atomic mass is 10.0. The van der Waals surface area contributed by atoms with Crippen molar-refractivity contribution in [3.63, 3.8) is 0 Å². The van der Waals surface area contributed by atoms with Crippen LogP contribution in [0.15, 0.2) is 45.8 Å². The van der Waals surface area contributed by atoms with E-state index < -0.39 is 5.91 Å². The molecule has 0 fully saturated rings. The lowest BCUT2D eigenvalue weighted by Gasteiger charge is -2.16. The number of aliphatic imine (C=N–C) groups is 1. The van der Waals surface area contributed by atoms with Gasteiger partial charge in [-0.1, -0.05) is 36.8 Å². The first kappa shape index (κ1) is 22.0. The minimum absolute atomic E-state index is 0. The Bertz CT molecular complexity index is 725. The van der Waals surface area contributed by atoms with E-state index in [1.807, 2.05) is 6.92 Å². The van der Waals surface area contributed by atoms with E-state index in [2.05, 4.69) is 53.7 Å². The number of hydrogen-bond acceptors (Lipinski definition) is 3. The summed E-state index contributed by atoms with van der Waals surface area (Å²) >= 11 is 0. The molecule has 0 spiro atoms. The molecule has 0 radical (unpaired) electrons. The van der Waals surface area contributed by atoms with Gasteiger partial charge in [-0.25, -0.2) is 4.99 Å². The van der Waals surface area contributed by atoms with Gasteiger partial charge in [0, 0.05) is 13.1 Å². The highest BCUT2D eigenvalue weighted by Crippen LogP contribution is 2.14. The van der Waals surface area contributed by atoms with Crippen molar-refractivity contribution in [3.05, 3.63) is 59.0 Å². The van der Waals surface area contributed by atoms with Gasteiger partial charge in [-0.15, -0.1) is 24.0 Å². The zero-order chi connectivity index (χ0) is 18.2. The van der Waals surface area contributed by atoms with Crippen LogP contribution < -0.4 is 16.4 Å². The number of halogens is 1. The number of aryl methyl sites for hydroxylation is 1. The Balaban J connectivity index is 0.00000338. The second kappa shape index (κ2) is 10.8. The fourth-order valence-electron chi connectivity index (χ4n) is 2.36. The van der Waals surface area contributed by atoms with Crippen LogP contribution in [0.5, 0.6) is 0 Å². The molecule has 0 saturated heterocycles. The number of nitrogens with zero attached hydrogens (tertiary/aromatic N) is 1. The van der Waals surface area contributed by atoms with Crippen molar-refractivity contribution in [3.8, 4) is 0 Å². The fourth-order valence-corrected chi connectivity index (χ4v) is 2.36.